The molecule has 0 fully saturated rings. The van der Waals surface area contributed by atoms with E-state index in [0.717, 1.165) is 22.6 Å². The fourth-order valence-corrected chi connectivity index (χ4v) is 1.96. The summed E-state index contributed by atoms with van der Waals surface area (Å²) in [6.45, 7) is 8.16. The van der Waals surface area contributed by atoms with E-state index in [0.29, 0.717) is 5.15 Å². The Morgan fingerprint density at radius 1 is 0.944 bits per heavy atom. The minimum absolute atomic E-state index is 0.442. The minimum atomic E-state index is 0.442. The predicted octanol–water partition coefficient (Wildman–Crippen LogP) is 4.76. The number of ether oxygens (including phenoxy) is 1. The second kappa shape index (κ2) is 4.99. The molecule has 0 aliphatic carbocycles. The van der Waals surface area contributed by atoms with Crippen molar-refractivity contribution < 1.29 is 4.74 Å². The summed E-state index contributed by atoms with van der Waals surface area (Å²) in [6.07, 6.45) is 1.72. The largest absolute Gasteiger partial charge is 0.457 e. The Balaban J connectivity index is 2.43. The smallest absolute Gasteiger partial charge is 0.134 e. The van der Waals surface area contributed by atoms with E-state index in [1.54, 1.807) is 12.3 Å². The Morgan fingerprint density at radius 3 is 2.39 bits per heavy atom. The molecule has 0 N–H and O–H groups in total. The van der Waals surface area contributed by atoms with Crippen LogP contribution in [0.5, 0.6) is 11.5 Å². The third kappa shape index (κ3) is 2.65. The first kappa shape index (κ1) is 12.9. The molecule has 0 bridgehead atoms. The van der Waals surface area contributed by atoms with Gasteiger partial charge in [0, 0.05) is 17.8 Å². The molecule has 94 valence electrons. The molecule has 2 aromatic rings. The lowest BCUT2D eigenvalue weighted by molar-refractivity contribution is 0.473. The number of pyridine rings is 1. The summed E-state index contributed by atoms with van der Waals surface area (Å²) < 4.78 is 5.96. The average molecular weight is 262 g/mol. The van der Waals surface area contributed by atoms with Crippen molar-refractivity contribution in [1.82, 2.24) is 4.98 Å². The fraction of sp³-hybridized carbons (Fsp3) is 0.267. The Hall–Kier alpha value is -1.54. The topological polar surface area (TPSA) is 22.1 Å². The van der Waals surface area contributed by atoms with E-state index < -0.39 is 0 Å². The van der Waals surface area contributed by atoms with Crippen LogP contribution in [0, 0.1) is 27.7 Å². The highest BCUT2D eigenvalue weighted by molar-refractivity contribution is 6.29. The quantitative estimate of drug-likeness (QED) is 0.727. The summed E-state index contributed by atoms with van der Waals surface area (Å²) in [5.41, 5.74) is 4.53. The van der Waals surface area contributed by atoms with Gasteiger partial charge in [0.1, 0.15) is 16.7 Å². The van der Waals surface area contributed by atoms with Gasteiger partial charge in [0.15, 0.2) is 0 Å². The molecular weight excluding hydrogens is 246 g/mol. The molecule has 0 saturated carbocycles. The lowest BCUT2D eigenvalue weighted by atomic mass is 10.1. The van der Waals surface area contributed by atoms with E-state index in [9.17, 15) is 0 Å². The highest BCUT2D eigenvalue weighted by Gasteiger charge is 2.08. The maximum atomic E-state index is 5.96. The number of nitrogens with zero attached hydrogens (tertiary/aromatic N) is 1. The molecule has 1 aromatic heterocycles. The average Bonchev–Trinajstić information content (AvgIpc) is 2.30. The van der Waals surface area contributed by atoms with E-state index in [-0.39, 0.29) is 0 Å². The number of benzene rings is 1. The first-order chi connectivity index (χ1) is 8.47. The Morgan fingerprint density at radius 2 is 1.67 bits per heavy atom. The zero-order valence-electron chi connectivity index (χ0n) is 11.0. The van der Waals surface area contributed by atoms with Crippen LogP contribution in [0.25, 0.3) is 0 Å². The van der Waals surface area contributed by atoms with E-state index in [1.165, 1.54) is 11.1 Å². The second-order valence-electron chi connectivity index (χ2n) is 4.58. The van der Waals surface area contributed by atoms with Gasteiger partial charge in [-0.05, 0) is 50.5 Å². The van der Waals surface area contributed by atoms with Gasteiger partial charge in [-0.1, -0.05) is 17.7 Å². The van der Waals surface area contributed by atoms with Gasteiger partial charge in [-0.2, -0.15) is 0 Å². The van der Waals surface area contributed by atoms with E-state index in [1.807, 2.05) is 13.0 Å². The van der Waals surface area contributed by atoms with Crippen molar-refractivity contribution in [2.24, 2.45) is 0 Å². The van der Waals surface area contributed by atoms with Crippen LogP contribution in [0.4, 0.5) is 0 Å². The van der Waals surface area contributed by atoms with Crippen LogP contribution in [-0.2, 0) is 0 Å². The summed E-state index contributed by atoms with van der Waals surface area (Å²) in [7, 11) is 0. The van der Waals surface area contributed by atoms with Crippen molar-refractivity contribution in [2.75, 3.05) is 0 Å². The third-order valence-electron chi connectivity index (χ3n) is 3.00. The first-order valence-electron chi connectivity index (χ1n) is 5.85. The lowest BCUT2D eigenvalue weighted by Gasteiger charge is -2.13. The van der Waals surface area contributed by atoms with Gasteiger partial charge in [0.25, 0.3) is 0 Å². The van der Waals surface area contributed by atoms with Crippen molar-refractivity contribution in [3.8, 4) is 11.5 Å². The summed E-state index contributed by atoms with van der Waals surface area (Å²) in [6, 6.07) is 5.93. The monoisotopic (exact) mass is 261 g/mol. The van der Waals surface area contributed by atoms with Crippen LogP contribution in [0.2, 0.25) is 5.15 Å². The van der Waals surface area contributed by atoms with Crippen molar-refractivity contribution in [2.45, 2.75) is 27.7 Å². The molecule has 1 aromatic carbocycles. The molecule has 0 radical (unpaired) electrons. The highest BCUT2D eigenvalue weighted by atomic mass is 35.5. The summed E-state index contributed by atoms with van der Waals surface area (Å²) in [4.78, 5) is 4.02. The molecule has 18 heavy (non-hydrogen) atoms. The number of rotatable bonds is 2. The van der Waals surface area contributed by atoms with Crippen LogP contribution in [-0.4, -0.2) is 4.98 Å². The molecule has 3 heteroatoms. The van der Waals surface area contributed by atoms with Crippen molar-refractivity contribution in [1.29, 1.82) is 0 Å². The number of aryl methyl sites for hydroxylation is 3. The Bertz CT molecular complexity index is 593. The van der Waals surface area contributed by atoms with Gasteiger partial charge < -0.3 is 4.74 Å². The van der Waals surface area contributed by atoms with E-state index >= 15 is 0 Å². The van der Waals surface area contributed by atoms with E-state index in [2.05, 4.69) is 31.8 Å². The van der Waals surface area contributed by atoms with Crippen LogP contribution in [0.15, 0.2) is 24.4 Å². The van der Waals surface area contributed by atoms with Crippen molar-refractivity contribution in [3.05, 3.63) is 51.8 Å². The fourth-order valence-electron chi connectivity index (χ4n) is 1.82. The van der Waals surface area contributed by atoms with Gasteiger partial charge in [-0.25, -0.2) is 4.98 Å². The summed E-state index contributed by atoms with van der Waals surface area (Å²) in [5, 5.41) is 0.442. The van der Waals surface area contributed by atoms with Gasteiger partial charge in [-0.3, -0.25) is 0 Å². The standard InChI is InChI=1S/C15H16ClNO/c1-9-5-10(2)12(4)14(6-9)18-13-7-15(16)17-8-11(13)3/h5-8H,1-4H3. The molecule has 0 aliphatic heterocycles. The Labute approximate surface area is 113 Å². The van der Waals surface area contributed by atoms with E-state index in [4.69, 9.17) is 16.3 Å². The van der Waals surface area contributed by atoms with Gasteiger partial charge in [-0.15, -0.1) is 0 Å². The second-order valence-corrected chi connectivity index (χ2v) is 4.97. The third-order valence-corrected chi connectivity index (χ3v) is 3.21. The van der Waals surface area contributed by atoms with Crippen LogP contribution in [0.3, 0.4) is 0 Å². The molecule has 0 atom stereocenters. The molecule has 0 spiro atoms. The normalized spacial score (nSPS) is 10.5. The molecule has 2 nitrogen and oxygen atoms in total. The maximum absolute atomic E-state index is 5.96. The van der Waals surface area contributed by atoms with Crippen LogP contribution in [0.1, 0.15) is 22.3 Å². The molecule has 0 unspecified atom stereocenters. The summed E-state index contributed by atoms with van der Waals surface area (Å²) >= 11 is 5.89. The zero-order chi connectivity index (χ0) is 13.3. The number of aromatic nitrogens is 1. The Kier molecular flexibility index (Phi) is 3.58. The highest BCUT2D eigenvalue weighted by Crippen LogP contribution is 2.31. The maximum Gasteiger partial charge on any atom is 0.134 e. The lowest BCUT2D eigenvalue weighted by Crippen LogP contribution is -1.94. The number of hydrogen-bond donors (Lipinski definition) is 0. The molecule has 1 heterocycles. The SMILES string of the molecule is Cc1cc(C)c(C)c(Oc2cc(Cl)ncc2C)c1. The minimum Gasteiger partial charge on any atom is -0.457 e. The summed E-state index contributed by atoms with van der Waals surface area (Å²) in [5.74, 6) is 1.63. The number of hydrogen-bond acceptors (Lipinski definition) is 2. The predicted molar refractivity (Wildman–Crippen MR) is 74.7 cm³/mol. The van der Waals surface area contributed by atoms with Gasteiger partial charge in [0.2, 0.25) is 0 Å². The number of halogens is 1. The van der Waals surface area contributed by atoms with Gasteiger partial charge in [0.05, 0.1) is 0 Å². The molecular formula is C15H16ClNO. The van der Waals surface area contributed by atoms with Crippen LogP contribution < -0.4 is 4.74 Å². The van der Waals surface area contributed by atoms with Crippen LogP contribution >= 0.6 is 11.6 Å². The molecule has 2 rings (SSSR count). The first-order valence-corrected chi connectivity index (χ1v) is 6.23. The molecule has 0 aliphatic rings. The van der Waals surface area contributed by atoms with Gasteiger partial charge >= 0.3 is 0 Å². The molecule has 0 saturated heterocycles. The zero-order valence-corrected chi connectivity index (χ0v) is 11.8. The van der Waals surface area contributed by atoms with Crippen molar-refractivity contribution >= 4 is 11.6 Å². The van der Waals surface area contributed by atoms with Crippen molar-refractivity contribution in [3.63, 3.8) is 0 Å². The molecule has 0 amide bonds.